The van der Waals surface area contributed by atoms with E-state index in [2.05, 4.69) is 63.7 Å². The molecular formula is C21H21N3OS2. The van der Waals surface area contributed by atoms with Crippen molar-refractivity contribution in [2.24, 2.45) is 0 Å². The molecule has 0 aliphatic rings. The van der Waals surface area contributed by atoms with Crippen LogP contribution >= 0.6 is 22.7 Å². The van der Waals surface area contributed by atoms with Crippen LogP contribution in [0.3, 0.4) is 0 Å². The fraction of sp³-hybridized carbons (Fsp3) is 0.190. The molecule has 2 amide bonds. The topological polar surface area (TPSA) is 48.1 Å². The Balaban J connectivity index is 1.51. The molecular weight excluding hydrogens is 374 g/mol. The molecule has 1 atom stereocenters. The lowest BCUT2D eigenvalue weighted by Gasteiger charge is -2.21. The second-order valence-electron chi connectivity index (χ2n) is 6.53. The second-order valence-corrected chi connectivity index (χ2v) is 8.29. The first-order valence-corrected chi connectivity index (χ1v) is 10.6. The number of para-hydroxylation sites is 1. The molecule has 4 aromatic rings. The zero-order chi connectivity index (χ0) is 18.6. The van der Waals surface area contributed by atoms with Gasteiger partial charge in [-0.1, -0.05) is 24.3 Å². The van der Waals surface area contributed by atoms with Crippen molar-refractivity contribution in [3.8, 4) is 0 Å². The van der Waals surface area contributed by atoms with E-state index in [4.69, 9.17) is 0 Å². The monoisotopic (exact) mass is 395 g/mol. The van der Waals surface area contributed by atoms with Gasteiger partial charge < -0.3 is 15.2 Å². The van der Waals surface area contributed by atoms with Crippen LogP contribution in [-0.2, 0) is 6.54 Å². The highest BCUT2D eigenvalue weighted by Gasteiger charge is 2.20. The predicted molar refractivity (Wildman–Crippen MR) is 114 cm³/mol. The van der Waals surface area contributed by atoms with Gasteiger partial charge >= 0.3 is 6.03 Å². The van der Waals surface area contributed by atoms with Crippen molar-refractivity contribution in [3.63, 3.8) is 0 Å². The number of rotatable bonds is 6. The fourth-order valence-electron chi connectivity index (χ4n) is 3.29. The molecule has 0 saturated carbocycles. The highest BCUT2D eigenvalue weighted by molar-refractivity contribution is 7.10. The Labute approximate surface area is 166 Å². The minimum Gasteiger partial charge on any atom is -0.361 e. The number of hydrogen-bond donors (Lipinski definition) is 2. The Morgan fingerprint density at radius 3 is 2.85 bits per heavy atom. The molecule has 6 heteroatoms. The van der Waals surface area contributed by atoms with Crippen LogP contribution in [0.4, 0.5) is 4.79 Å². The maximum absolute atomic E-state index is 12.6. The summed E-state index contributed by atoms with van der Waals surface area (Å²) in [7, 11) is 1.83. The molecule has 3 heterocycles. The van der Waals surface area contributed by atoms with E-state index in [-0.39, 0.29) is 11.9 Å². The molecule has 4 nitrogen and oxygen atoms in total. The molecule has 0 saturated heterocycles. The average Bonchev–Trinajstić information content (AvgIpc) is 3.44. The summed E-state index contributed by atoms with van der Waals surface area (Å²) in [5.74, 6) is 0.125. The third kappa shape index (κ3) is 3.91. The maximum atomic E-state index is 12.6. The highest BCUT2D eigenvalue weighted by Crippen LogP contribution is 2.32. The normalized spacial score (nSPS) is 12.2. The molecule has 0 spiro atoms. The van der Waals surface area contributed by atoms with E-state index < -0.39 is 0 Å². The summed E-state index contributed by atoms with van der Waals surface area (Å²) in [6, 6.07) is 14.5. The summed E-state index contributed by atoms with van der Waals surface area (Å²) >= 11 is 3.37. The Bertz CT molecular complexity index is 1010. The number of urea groups is 1. The smallest absolute Gasteiger partial charge is 0.317 e. The summed E-state index contributed by atoms with van der Waals surface area (Å²) in [4.78, 5) is 18.9. The average molecular weight is 396 g/mol. The van der Waals surface area contributed by atoms with Gasteiger partial charge in [-0.2, -0.15) is 11.3 Å². The predicted octanol–water partition coefficient (Wildman–Crippen LogP) is 5.26. The van der Waals surface area contributed by atoms with Crippen molar-refractivity contribution in [3.05, 3.63) is 80.8 Å². The van der Waals surface area contributed by atoms with E-state index in [1.165, 1.54) is 15.8 Å². The van der Waals surface area contributed by atoms with E-state index in [0.717, 1.165) is 11.1 Å². The van der Waals surface area contributed by atoms with E-state index in [1.807, 2.05) is 18.5 Å². The SMILES string of the molecule is CN(Cc1ccsc1)C(=O)NC[C@H](c1cccs1)c1c[nH]c2ccccc12. The van der Waals surface area contributed by atoms with Crippen LogP contribution in [0.2, 0.25) is 0 Å². The molecule has 27 heavy (non-hydrogen) atoms. The molecule has 0 aliphatic carbocycles. The third-order valence-corrected chi connectivity index (χ3v) is 6.41. The number of thiophene rings is 2. The third-order valence-electron chi connectivity index (χ3n) is 4.69. The van der Waals surface area contributed by atoms with E-state index >= 15 is 0 Å². The van der Waals surface area contributed by atoms with Gasteiger partial charge in [0.1, 0.15) is 0 Å². The number of carbonyl (C=O) groups excluding carboxylic acids is 1. The summed E-state index contributed by atoms with van der Waals surface area (Å²) in [6.45, 7) is 1.18. The molecule has 0 radical (unpaired) electrons. The lowest BCUT2D eigenvalue weighted by molar-refractivity contribution is 0.206. The zero-order valence-electron chi connectivity index (χ0n) is 15.0. The summed E-state index contributed by atoms with van der Waals surface area (Å²) in [5.41, 5.74) is 3.49. The number of hydrogen-bond acceptors (Lipinski definition) is 3. The van der Waals surface area contributed by atoms with Gasteiger partial charge in [-0.25, -0.2) is 4.79 Å². The van der Waals surface area contributed by atoms with Crippen LogP contribution in [0.5, 0.6) is 0 Å². The number of aromatic amines is 1. The lowest BCUT2D eigenvalue weighted by atomic mass is 9.97. The zero-order valence-corrected chi connectivity index (χ0v) is 16.6. The Morgan fingerprint density at radius 1 is 1.19 bits per heavy atom. The van der Waals surface area contributed by atoms with Crippen molar-refractivity contribution < 1.29 is 4.79 Å². The largest absolute Gasteiger partial charge is 0.361 e. The van der Waals surface area contributed by atoms with Crippen LogP contribution in [0.25, 0.3) is 10.9 Å². The number of benzene rings is 1. The van der Waals surface area contributed by atoms with Gasteiger partial charge in [0.25, 0.3) is 0 Å². The maximum Gasteiger partial charge on any atom is 0.317 e. The quantitative estimate of drug-likeness (QED) is 0.459. The van der Waals surface area contributed by atoms with E-state index in [9.17, 15) is 4.79 Å². The van der Waals surface area contributed by atoms with Crippen molar-refractivity contribution >= 4 is 39.6 Å². The minimum absolute atomic E-state index is 0.0532. The first-order chi connectivity index (χ1) is 13.2. The molecule has 0 fully saturated rings. The number of aromatic nitrogens is 1. The van der Waals surface area contributed by atoms with Crippen molar-refractivity contribution in [2.75, 3.05) is 13.6 Å². The Kier molecular flexibility index (Phi) is 5.27. The molecule has 1 aromatic carbocycles. The highest BCUT2D eigenvalue weighted by atomic mass is 32.1. The van der Waals surface area contributed by atoms with Gasteiger partial charge in [-0.15, -0.1) is 11.3 Å². The van der Waals surface area contributed by atoms with Crippen LogP contribution in [0.1, 0.15) is 21.9 Å². The number of fused-ring (bicyclic) bond motifs is 1. The number of nitrogens with one attached hydrogen (secondary N) is 2. The van der Waals surface area contributed by atoms with Gasteiger partial charge in [0.2, 0.25) is 0 Å². The Morgan fingerprint density at radius 2 is 2.07 bits per heavy atom. The second kappa shape index (κ2) is 7.98. The van der Waals surface area contributed by atoms with Gasteiger partial charge in [0.05, 0.1) is 0 Å². The van der Waals surface area contributed by atoms with Gasteiger partial charge in [0.15, 0.2) is 0 Å². The van der Waals surface area contributed by atoms with Crippen LogP contribution in [0.15, 0.2) is 64.8 Å². The van der Waals surface area contributed by atoms with Gasteiger partial charge in [-0.05, 0) is 45.5 Å². The molecule has 3 aromatic heterocycles. The summed E-state index contributed by atoms with van der Waals surface area (Å²) in [5, 5.41) is 10.5. The van der Waals surface area contributed by atoms with Crippen LogP contribution < -0.4 is 5.32 Å². The van der Waals surface area contributed by atoms with Crippen molar-refractivity contribution in [2.45, 2.75) is 12.5 Å². The lowest BCUT2D eigenvalue weighted by Crippen LogP contribution is -2.38. The Hall–Kier alpha value is -2.57. The summed E-state index contributed by atoms with van der Waals surface area (Å²) < 4.78 is 0. The van der Waals surface area contributed by atoms with Crippen molar-refractivity contribution in [1.29, 1.82) is 0 Å². The minimum atomic E-state index is -0.0532. The van der Waals surface area contributed by atoms with Gasteiger partial charge in [-0.3, -0.25) is 0 Å². The van der Waals surface area contributed by atoms with Gasteiger partial charge in [0, 0.05) is 48.0 Å². The van der Waals surface area contributed by atoms with E-state index in [1.54, 1.807) is 27.6 Å². The molecule has 138 valence electrons. The number of nitrogens with zero attached hydrogens (tertiary/aromatic N) is 1. The number of H-pyrrole nitrogens is 1. The van der Waals surface area contributed by atoms with Crippen LogP contribution in [-0.4, -0.2) is 29.5 Å². The van der Waals surface area contributed by atoms with Crippen LogP contribution in [0, 0.1) is 0 Å². The molecule has 0 unspecified atom stereocenters. The standard InChI is InChI=1S/C21H21N3OS2/c1-24(13-15-8-10-26-14-15)21(25)23-12-18(20-7-4-9-27-20)17-11-22-19-6-3-2-5-16(17)19/h2-11,14,18,22H,12-13H2,1H3,(H,23,25)/t18-/m0/s1. The first kappa shape index (κ1) is 17.8. The number of carbonyl (C=O) groups is 1. The molecule has 0 aliphatic heterocycles. The molecule has 0 bridgehead atoms. The fourth-order valence-corrected chi connectivity index (χ4v) is 4.79. The molecule has 2 N–H and O–H groups in total. The first-order valence-electron chi connectivity index (χ1n) is 8.82. The summed E-state index contributed by atoms with van der Waals surface area (Å²) in [6.07, 6.45) is 2.07. The number of amides is 2. The molecule has 4 rings (SSSR count). The van der Waals surface area contributed by atoms with E-state index in [0.29, 0.717) is 13.1 Å². The van der Waals surface area contributed by atoms with Crippen molar-refractivity contribution in [1.82, 2.24) is 15.2 Å².